The van der Waals surface area contributed by atoms with Crippen LogP contribution < -0.4 is 11.1 Å². The number of nitrogens with one attached hydrogen (secondary N) is 1. The van der Waals surface area contributed by atoms with Gasteiger partial charge in [0.2, 0.25) is 5.91 Å². The van der Waals surface area contributed by atoms with Crippen LogP contribution in [0.15, 0.2) is 48.8 Å². The zero-order chi connectivity index (χ0) is 25.6. The third-order valence-electron chi connectivity index (χ3n) is 10.4. The fraction of sp³-hybridized carbons (Fsp3) is 0.581. The van der Waals surface area contributed by atoms with E-state index in [1.54, 1.807) is 12.4 Å². The lowest BCUT2D eigenvalue weighted by Gasteiger charge is -2.60. The number of nitrogens with two attached hydrogens (primary N) is 1. The molecule has 5 fully saturated rings. The van der Waals surface area contributed by atoms with Crippen LogP contribution in [0.4, 0.5) is 4.39 Å². The summed E-state index contributed by atoms with van der Waals surface area (Å²) in [7, 11) is 0. The van der Waals surface area contributed by atoms with E-state index in [9.17, 15) is 14.0 Å². The quantitative estimate of drug-likeness (QED) is 0.545. The molecule has 0 saturated heterocycles. The number of hydrogen-bond donors (Lipinski definition) is 2. The van der Waals surface area contributed by atoms with Gasteiger partial charge in [-0.1, -0.05) is 25.0 Å². The minimum absolute atomic E-state index is 0.0666. The van der Waals surface area contributed by atoms with Crippen LogP contribution in [-0.4, -0.2) is 29.3 Å². The lowest BCUT2D eigenvalue weighted by molar-refractivity contribution is -0.153. The van der Waals surface area contributed by atoms with E-state index >= 15 is 0 Å². The normalized spacial score (nSPS) is 32.3. The van der Waals surface area contributed by atoms with Crippen LogP contribution in [0, 0.1) is 34.9 Å². The molecule has 3 N–H and O–H groups in total. The van der Waals surface area contributed by atoms with E-state index in [-0.39, 0.29) is 28.5 Å². The first-order valence-electron chi connectivity index (χ1n) is 14.1. The average Bonchev–Trinajstić information content (AvgIpc) is 3.38. The van der Waals surface area contributed by atoms with Crippen molar-refractivity contribution in [2.45, 2.75) is 75.7 Å². The second-order valence-electron chi connectivity index (χ2n) is 12.5. The van der Waals surface area contributed by atoms with Gasteiger partial charge in [0.1, 0.15) is 11.6 Å². The molecule has 2 aromatic rings. The Morgan fingerprint density at radius 3 is 2.30 bits per heavy atom. The number of Topliss-reactive ketones (excluding diaryl/α,β-unsaturated/α-hetero) is 1. The van der Waals surface area contributed by atoms with Crippen LogP contribution in [0.25, 0.3) is 0 Å². The van der Waals surface area contributed by atoms with Crippen molar-refractivity contribution < 1.29 is 14.0 Å². The molecular weight excluding hydrogens is 465 g/mol. The van der Waals surface area contributed by atoms with Gasteiger partial charge < -0.3 is 11.1 Å². The third-order valence-corrected chi connectivity index (χ3v) is 10.4. The van der Waals surface area contributed by atoms with Gasteiger partial charge in [-0.05, 0) is 104 Å². The highest BCUT2D eigenvalue weighted by Crippen LogP contribution is 2.63. The molecule has 2 unspecified atom stereocenters. The number of hydrogen-bond acceptors (Lipinski definition) is 4. The Balaban J connectivity index is 1.13. The number of pyridine rings is 1. The number of carbonyl (C=O) groups is 2. The lowest BCUT2D eigenvalue weighted by atomic mass is 9.44. The second kappa shape index (κ2) is 9.61. The summed E-state index contributed by atoms with van der Waals surface area (Å²) in [6, 6.07) is 10.1. The maximum absolute atomic E-state index is 13.6. The molecule has 196 valence electrons. The monoisotopic (exact) mass is 503 g/mol. The van der Waals surface area contributed by atoms with Crippen molar-refractivity contribution in [3.8, 4) is 0 Å². The number of ketones is 1. The predicted octanol–water partition coefficient (Wildman–Crippen LogP) is 4.73. The van der Waals surface area contributed by atoms with Crippen LogP contribution in [0.3, 0.4) is 0 Å². The van der Waals surface area contributed by atoms with Gasteiger partial charge in [0.05, 0.1) is 6.04 Å². The number of benzene rings is 1. The van der Waals surface area contributed by atoms with Gasteiger partial charge in [-0.3, -0.25) is 14.6 Å². The maximum atomic E-state index is 13.6. The van der Waals surface area contributed by atoms with Gasteiger partial charge in [-0.15, -0.1) is 0 Å². The Hall–Kier alpha value is -2.60. The highest BCUT2D eigenvalue weighted by Gasteiger charge is 2.59. The van der Waals surface area contributed by atoms with Crippen molar-refractivity contribution in [2.24, 2.45) is 34.8 Å². The van der Waals surface area contributed by atoms with Crippen molar-refractivity contribution in [1.82, 2.24) is 10.3 Å². The Labute approximate surface area is 218 Å². The number of carbonyl (C=O) groups excluding carboxylic acids is 2. The standard InChI is InChI=1S/C31H38FN3O2/c32-25-5-3-24(4-6-25)30(9-1-2-10-30)19-35-29(37)28(33)27-22-13-21-14-23(27)18-31(16-21,17-22)26(36)15-20-7-11-34-12-8-20/h3-8,11-12,21-23,27-28H,1-2,9-10,13-19,33H2,(H,35,37)/t21?,22?,23?,27?,28-,31?/m0/s1. The van der Waals surface area contributed by atoms with E-state index < -0.39 is 6.04 Å². The van der Waals surface area contributed by atoms with Gasteiger partial charge in [-0.2, -0.15) is 0 Å². The van der Waals surface area contributed by atoms with E-state index in [4.69, 9.17) is 5.73 Å². The fourth-order valence-electron chi connectivity index (χ4n) is 8.84. The van der Waals surface area contributed by atoms with Gasteiger partial charge in [0.15, 0.2) is 0 Å². The minimum atomic E-state index is -0.547. The summed E-state index contributed by atoms with van der Waals surface area (Å²) in [6.45, 7) is 0.546. The second-order valence-corrected chi connectivity index (χ2v) is 12.5. The third kappa shape index (κ3) is 4.52. The first-order valence-corrected chi connectivity index (χ1v) is 14.1. The molecule has 0 radical (unpaired) electrons. The molecule has 1 heterocycles. The fourth-order valence-corrected chi connectivity index (χ4v) is 8.84. The highest BCUT2D eigenvalue weighted by molar-refractivity contribution is 5.87. The summed E-state index contributed by atoms with van der Waals surface area (Å²) >= 11 is 0. The van der Waals surface area contributed by atoms with E-state index in [0.717, 1.165) is 68.9 Å². The first kappa shape index (κ1) is 24.7. The van der Waals surface area contributed by atoms with Gasteiger partial charge in [0.25, 0.3) is 0 Å². The molecule has 6 heteroatoms. The number of amides is 1. The molecule has 7 rings (SSSR count). The Bertz CT molecular complexity index is 1130. The largest absolute Gasteiger partial charge is 0.354 e. The molecule has 5 saturated carbocycles. The Morgan fingerprint density at radius 1 is 1.00 bits per heavy atom. The molecule has 3 atom stereocenters. The van der Waals surface area contributed by atoms with Crippen LogP contribution >= 0.6 is 0 Å². The van der Waals surface area contributed by atoms with Crippen LogP contribution in [-0.2, 0) is 21.4 Å². The molecule has 37 heavy (non-hydrogen) atoms. The summed E-state index contributed by atoms with van der Waals surface area (Å²) in [5.41, 5.74) is 8.46. The van der Waals surface area contributed by atoms with Gasteiger partial charge in [-0.25, -0.2) is 4.39 Å². The summed E-state index contributed by atoms with van der Waals surface area (Å²) in [5.74, 6) is 1.45. The van der Waals surface area contributed by atoms with E-state index in [1.165, 1.54) is 12.1 Å². The molecule has 5 nitrogen and oxygen atoms in total. The van der Waals surface area contributed by atoms with Crippen molar-refractivity contribution in [1.29, 1.82) is 0 Å². The number of nitrogens with zero attached hydrogens (tertiary/aromatic N) is 1. The van der Waals surface area contributed by atoms with Crippen LogP contribution in [0.5, 0.6) is 0 Å². The van der Waals surface area contributed by atoms with Gasteiger partial charge in [0, 0.05) is 36.2 Å². The molecule has 1 aromatic heterocycles. The van der Waals surface area contributed by atoms with Crippen LogP contribution in [0.1, 0.15) is 68.9 Å². The van der Waals surface area contributed by atoms with Crippen molar-refractivity contribution >= 4 is 11.7 Å². The van der Waals surface area contributed by atoms with Gasteiger partial charge >= 0.3 is 0 Å². The molecule has 1 amide bonds. The summed E-state index contributed by atoms with van der Waals surface area (Å²) < 4.78 is 13.5. The topological polar surface area (TPSA) is 85.1 Å². The highest BCUT2D eigenvalue weighted by atomic mass is 19.1. The molecule has 0 aliphatic heterocycles. The molecule has 1 aromatic carbocycles. The zero-order valence-corrected chi connectivity index (χ0v) is 21.5. The molecule has 4 bridgehead atoms. The smallest absolute Gasteiger partial charge is 0.237 e. The molecular formula is C31H38FN3O2. The van der Waals surface area contributed by atoms with E-state index in [0.29, 0.717) is 36.5 Å². The minimum Gasteiger partial charge on any atom is -0.354 e. The molecule has 5 aliphatic rings. The SMILES string of the molecule is N[C@H](C(=O)NCC1(c2ccc(F)cc2)CCCC1)C1C2CC3CC1CC(C(=O)Cc1ccncc1)(C3)C2. The van der Waals surface area contributed by atoms with Crippen LogP contribution in [0.2, 0.25) is 0 Å². The van der Waals surface area contributed by atoms with E-state index in [2.05, 4.69) is 10.3 Å². The number of aromatic nitrogens is 1. The van der Waals surface area contributed by atoms with Crippen molar-refractivity contribution in [2.75, 3.05) is 6.54 Å². The summed E-state index contributed by atoms with van der Waals surface area (Å²) in [5, 5.41) is 3.22. The average molecular weight is 504 g/mol. The Kier molecular flexibility index (Phi) is 6.42. The first-order chi connectivity index (χ1) is 17.9. The number of halogens is 1. The number of rotatable bonds is 8. The Morgan fingerprint density at radius 2 is 1.65 bits per heavy atom. The summed E-state index contributed by atoms with van der Waals surface area (Å²) in [6.07, 6.45) is 13.1. The predicted molar refractivity (Wildman–Crippen MR) is 140 cm³/mol. The lowest BCUT2D eigenvalue weighted by Crippen LogP contribution is -2.61. The summed E-state index contributed by atoms with van der Waals surface area (Å²) in [4.78, 5) is 31.1. The molecule has 5 aliphatic carbocycles. The zero-order valence-electron chi connectivity index (χ0n) is 21.5. The van der Waals surface area contributed by atoms with Crippen molar-refractivity contribution in [3.05, 3.63) is 65.7 Å². The van der Waals surface area contributed by atoms with E-state index in [1.807, 2.05) is 24.3 Å². The maximum Gasteiger partial charge on any atom is 0.237 e. The molecule has 0 spiro atoms. The van der Waals surface area contributed by atoms with Crippen molar-refractivity contribution in [3.63, 3.8) is 0 Å².